The molecule has 6 heteroatoms. The number of aromatic nitrogens is 4. The summed E-state index contributed by atoms with van der Waals surface area (Å²) < 4.78 is 4.09. The SMILES string of the molecule is Cc1cc(Cn2c(C)ncc(I)c2=O)n(C)n1. The molecule has 2 rings (SSSR count). The molecular weight excluding hydrogens is 331 g/mol. The number of aryl methyl sites for hydroxylation is 3. The highest BCUT2D eigenvalue weighted by atomic mass is 127. The van der Waals surface area contributed by atoms with Gasteiger partial charge in [-0.25, -0.2) is 4.98 Å². The summed E-state index contributed by atoms with van der Waals surface area (Å²) in [5, 5.41) is 4.27. The lowest BCUT2D eigenvalue weighted by atomic mass is 10.3. The van der Waals surface area contributed by atoms with Crippen molar-refractivity contribution in [3.63, 3.8) is 0 Å². The van der Waals surface area contributed by atoms with Crippen molar-refractivity contribution in [2.75, 3.05) is 0 Å². The van der Waals surface area contributed by atoms with Crippen molar-refractivity contribution in [2.24, 2.45) is 7.05 Å². The summed E-state index contributed by atoms with van der Waals surface area (Å²) in [6.45, 7) is 4.28. The molecule has 0 amide bonds. The van der Waals surface area contributed by atoms with Gasteiger partial charge in [0, 0.05) is 13.2 Å². The summed E-state index contributed by atoms with van der Waals surface area (Å²) in [7, 11) is 1.88. The Bertz CT molecular complexity index is 614. The van der Waals surface area contributed by atoms with Crippen LogP contribution in [0.15, 0.2) is 17.1 Å². The van der Waals surface area contributed by atoms with Gasteiger partial charge in [0.1, 0.15) is 5.82 Å². The molecule has 0 saturated carbocycles. The van der Waals surface area contributed by atoms with Crippen LogP contribution in [-0.4, -0.2) is 19.3 Å². The normalized spacial score (nSPS) is 10.8. The van der Waals surface area contributed by atoms with Crippen LogP contribution >= 0.6 is 22.6 Å². The molecule has 0 bridgehead atoms. The summed E-state index contributed by atoms with van der Waals surface area (Å²) in [4.78, 5) is 16.2. The van der Waals surface area contributed by atoms with Crippen LogP contribution in [0, 0.1) is 17.4 Å². The first-order chi connectivity index (χ1) is 7.99. The lowest BCUT2D eigenvalue weighted by molar-refractivity contribution is 0.626. The third-order valence-corrected chi connectivity index (χ3v) is 3.36. The van der Waals surface area contributed by atoms with Crippen LogP contribution in [0.2, 0.25) is 0 Å². The fourth-order valence-electron chi connectivity index (χ4n) is 1.71. The molecule has 0 unspecified atom stereocenters. The maximum Gasteiger partial charge on any atom is 0.267 e. The summed E-state index contributed by atoms with van der Waals surface area (Å²) in [6, 6.07) is 1.98. The first kappa shape index (κ1) is 12.3. The van der Waals surface area contributed by atoms with E-state index >= 15 is 0 Å². The van der Waals surface area contributed by atoms with Crippen LogP contribution in [0.3, 0.4) is 0 Å². The van der Waals surface area contributed by atoms with Gasteiger partial charge in [-0.1, -0.05) is 0 Å². The predicted octanol–water partition coefficient (Wildman–Crippen LogP) is 1.25. The molecule has 0 atom stereocenters. The summed E-state index contributed by atoms with van der Waals surface area (Å²) in [6.07, 6.45) is 1.60. The predicted molar refractivity (Wildman–Crippen MR) is 73.0 cm³/mol. The van der Waals surface area contributed by atoms with Gasteiger partial charge in [-0.2, -0.15) is 5.10 Å². The second-order valence-corrected chi connectivity index (χ2v) is 5.11. The van der Waals surface area contributed by atoms with Crippen molar-refractivity contribution in [3.8, 4) is 0 Å². The van der Waals surface area contributed by atoms with Gasteiger partial charge in [0.05, 0.1) is 21.5 Å². The van der Waals surface area contributed by atoms with Crippen molar-refractivity contribution in [3.05, 3.63) is 43.4 Å². The van der Waals surface area contributed by atoms with E-state index in [9.17, 15) is 4.79 Å². The van der Waals surface area contributed by atoms with Crippen LogP contribution in [-0.2, 0) is 13.6 Å². The highest BCUT2D eigenvalue weighted by Crippen LogP contribution is 2.05. The Balaban J connectivity index is 2.46. The highest BCUT2D eigenvalue weighted by molar-refractivity contribution is 14.1. The molecular formula is C11H13IN4O. The largest absolute Gasteiger partial charge is 0.290 e. The molecule has 2 aromatic heterocycles. The molecule has 0 radical (unpaired) electrons. The monoisotopic (exact) mass is 344 g/mol. The number of hydrogen-bond acceptors (Lipinski definition) is 3. The minimum Gasteiger partial charge on any atom is -0.290 e. The van der Waals surface area contributed by atoms with E-state index in [-0.39, 0.29) is 5.56 Å². The molecule has 0 N–H and O–H groups in total. The fraction of sp³-hybridized carbons (Fsp3) is 0.364. The Kier molecular flexibility index (Phi) is 3.32. The fourth-order valence-corrected chi connectivity index (χ4v) is 2.14. The average Bonchev–Trinajstić information content (AvgIpc) is 2.58. The van der Waals surface area contributed by atoms with E-state index in [1.807, 2.05) is 49.6 Å². The molecule has 17 heavy (non-hydrogen) atoms. The molecule has 2 aromatic rings. The summed E-state index contributed by atoms with van der Waals surface area (Å²) >= 11 is 2.00. The van der Waals surface area contributed by atoms with Crippen molar-refractivity contribution in [1.82, 2.24) is 19.3 Å². The zero-order valence-corrected chi connectivity index (χ0v) is 12.1. The van der Waals surface area contributed by atoms with Crippen LogP contribution < -0.4 is 5.56 Å². The molecule has 0 aliphatic heterocycles. The first-order valence-electron chi connectivity index (χ1n) is 5.20. The molecule has 0 spiro atoms. The van der Waals surface area contributed by atoms with E-state index in [0.717, 1.165) is 11.4 Å². The molecule has 0 aliphatic carbocycles. The van der Waals surface area contributed by atoms with Crippen LogP contribution in [0.5, 0.6) is 0 Å². The van der Waals surface area contributed by atoms with Gasteiger partial charge in [-0.3, -0.25) is 14.0 Å². The quantitative estimate of drug-likeness (QED) is 0.771. The van der Waals surface area contributed by atoms with Gasteiger partial charge >= 0.3 is 0 Å². The molecule has 5 nitrogen and oxygen atoms in total. The number of halogens is 1. The summed E-state index contributed by atoms with van der Waals surface area (Å²) in [5.74, 6) is 0.717. The van der Waals surface area contributed by atoms with Gasteiger partial charge in [-0.15, -0.1) is 0 Å². The number of hydrogen-bond donors (Lipinski definition) is 0. The standard InChI is InChI=1S/C11H13IN4O/c1-7-4-9(15(3)14-7)6-16-8(2)13-5-10(12)11(16)17/h4-5H,6H2,1-3H3. The van der Waals surface area contributed by atoms with Crippen LogP contribution in [0.25, 0.3) is 0 Å². The van der Waals surface area contributed by atoms with E-state index in [2.05, 4.69) is 10.1 Å². The lowest BCUT2D eigenvalue weighted by Crippen LogP contribution is -2.26. The van der Waals surface area contributed by atoms with E-state index in [1.54, 1.807) is 15.4 Å². The second-order valence-electron chi connectivity index (χ2n) is 3.95. The number of nitrogens with zero attached hydrogens (tertiary/aromatic N) is 4. The Morgan fingerprint density at radius 1 is 1.41 bits per heavy atom. The van der Waals surface area contributed by atoms with Crippen LogP contribution in [0.4, 0.5) is 0 Å². The van der Waals surface area contributed by atoms with E-state index < -0.39 is 0 Å². The third kappa shape index (κ3) is 2.41. The van der Waals surface area contributed by atoms with Gasteiger partial charge in [-0.05, 0) is 42.5 Å². The zero-order chi connectivity index (χ0) is 12.6. The lowest BCUT2D eigenvalue weighted by Gasteiger charge is -2.09. The van der Waals surface area contributed by atoms with Gasteiger partial charge in [0.2, 0.25) is 0 Å². The summed E-state index contributed by atoms with van der Waals surface area (Å²) in [5.41, 5.74) is 1.94. The number of rotatable bonds is 2. The Labute approximate surface area is 113 Å². The van der Waals surface area contributed by atoms with Crippen molar-refractivity contribution in [1.29, 1.82) is 0 Å². The topological polar surface area (TPSA) is 52.7 Å². The van der Waals surface area contributed by atoms with Crippen molar-refractivity contribution >= 4 is 22.6 Å². The Morgan fingerprint density at radius 3 is 2.71 bits per heavy atom. The first-order valence-corrected chi connectivity index (χ1v) is 6.28. The van der Waals surface area contributed by atoms with Crippen molar-refractivity contribution < 1.29 is 0 Å². The minimum absolute atomic E-state index is 0.00282. The highest BCUT2D eigenvalue weighted by Gasteiger charge is 2.09. The smallest absolute Gasteiger partial charge is 0.267 e. The second kappa shape index (κ2) is 4.59. The maximum absolute atomic E-state index is 12.0. The third-order valence-electron chi connectivity index (χ3n) is 2.62. The van der Waals surface area contributed by atoms with Gasteiger partial charge in [0.15, 0.2) is 0 Å². The van der Waals surface area contributed by atoms with E-state index in [1.165, 1.54) is 0 Å². The van der Waals surface area contributed by atoms with Gasteiger partial charge in [0.25, 0.3) is 5.56 Å². The molecule has 90 valence electrons. The van der Waals surface area contributed by atoms with Gasteiger partial charge < -0.3 is 0 Å². The Morgan fingerprint density at radius 2 is 2.12 bits per heavy atom. The molecule has 0 fully saturated rings. The van der Waals surface area contributed by atoms with E-state index in [0.29, 0.717) is 15.9 Å². The zero-order valence-electron chi connectivity index (χ0n) is 9.94. The average molecular weight is 344 g/mol. The maximum atomic E-state index is 12.0. The minimum atomic E-state index is -0.00282. The van der Waals surface area contributed by atoms with Crippen LogP contribution in [0.1, 0.15) is 17.2 Å². The Hall–Kier alpha value is -1.18. The van der Waals surface area contributed by atoms with Crippen molar-refractivity contribution in [2.45, 2.75) is 20.4 Å². The molecule has 2 heterocycles. The van der Waals surface area contributed by atoms with E-state index in [4.69, 9.17) is 0 Å². The molecule has 0 aliphatic rings. The molecule has 0 saturated heterocycles. The molecule has 0 aromatic carbocycles.